The number of nitrogens with zero attached hydrogens (tertiary/aromatic N) is 1. The molecule has 6 nitrogen and oxygen atoms in total. The van der Waals surface area contributed by atoms with Gasteiger partial charge in [-0.1, -0.05) is 6.07 Å². The molecule has 1 aromatic rings. The topological polar surface area (TPSA) is 76.1 Å². The maximum atomic E-state index is 11.5. The quantitative estimate of drug-likeness (QED) is 0.813. The first-order chi connectivity index (χ1) is 9.11. The van der Waals surface area contributed by atoms with Gasteiger partial charge in [0.15, 0.2) is 6.10 Å². The van der Waals surface area contributed by atoms with Crippen LogP contribution in [0.3, 0.4) is 0 Å². The zero-order valence-electron chi connectivity index (χ0n) is 10.5. The van der Waals surface area contributed by atoms with Crippen molar-refractivity contribution in [2.45, 2.75) is 6.10 Å². The number of hydrogen-bond donors (Lipinski definition) is 1. The monoisotopic (exact) mass is 265 g/mol. The SMILES string of the molecule is COC(=O)c1cccc(N2CCOC(C(=O)O)C2)c1. The number of carbonyl (C=O) groups excluding carboxylic acids is 1. The van der Waals surface area contributed by atoms with Gasteiger partial charge in [-0.25, -0.2) is 9.59 Å². The Morgan fingerprint density at radius 3 is 2.95 bits per heavy atom. The summed E-state index contributed by atoms with van der Waals surface area (Å²) in [6.45, 7) is 1.20. The summed E-state index contributed by atoms with van der Waals surface area (Å²) in [5.74, 6) is -1.39. The van der Waals surface area contributed by atoms with Gasteiger partial charge in [-0.2, -0.15) is 0 Å². The van der Waals surface area contributed by atoms with Crippen LogP contribution in [0.5, 0.6) is 0 Å². The third-order valence-corrected chi connectivity index (χ3v) is 2.97. The lowest BCUT2D eigenvalue weighted by atomic mass is 10.1. The number of rotatable bonds is 3. The Bertz CT molecular complexity index is 488. The van der Waals surface area contributed by atoms with E-state index in [-0.39, 0.29) is 6.54 Å². The molecule has 1 atom stereocenters. The minimum absolute atomic E-state index is 0.264. The molecule has 1 heterocycles. The molecule has 0 aromatic heterocycles. The molecule has 1 N–H and O–H groups in total. The predicted molar refractivity (Wildman–Crippen MR) is 67.4 cm³/mol. The number of carboxylic acids is 1. The Labute approximate surface area is 110 Å². The summed E-state index contributed by atoms with van der Waals surface area (Å²) in [6, 6.07) is 6.92. The van der Waals surface area contributed by atoms with Gasteiger partial charge in [0, 0.05) is 12.2 Å². The Hall–Kier alpha value is -2.08. The van der Waals surface area contributed by atoms with Crippen LogP contribution in [0, 0.1) is 0 Å². The summed E-state index contributed by atoms with van der Waals surface area (Å²) in [4.78, 5) is 24.3. The fourth-order valence-corrected chi connectivity index (χ4v) is 1.98. The number of aliphatic carboxylic acids is 1. The van der Waals surface area contributed by atoms with Gasteiger partial charge in [-0.15, -0.1) is 0 Å². The minimum atomic E-state index is -0.978. The van der Waals surface area contributed by atoms with Crippen LogP contribution in [-0.4, -0.2) is 50.0 Å². The largest absolute Gasteiger partial charge is 0.479 e. The van der Waals surface area contributed by atoms with Crippen LogP contribution in [0.1, 0.15) is 10.4 Å². The molecule has 0 spiro atoms. The Morgan fingerprint density at radius 1 is 1.47 bits per heavy atom. The van der Waals surface area contributed by atoms with Gasteiger partial charge in [0.25, 0.3) is 0 Å². The molecule has 0 aliphatic carbocycles. The third kappa shape index (κ3) is 3.03. The zero-order valence-corrected chi connectivity index (χ0v) is 10.5. The summed E-state index contributed by atoms with van der Waals surface area (Å²) in [5, 5.41) is 8.96. The molecule has 0 amide bonds. The lowest BCUT2D eigenvalue weighted by Gasteiger charge is -2.32. The molecule has 6 heteroatoms. The second-order valence-electron chi connectivity index (χ2n) is 4.19. The van der Waals surface area contributed by atoms with Crippen molar-refractivity contribution in [1.29, 1.82) is 0 Å². The van der Waals surface area contributed by atoms with Crippen molar-refractivity contribution in [1.82, 2.24) is 0 Å². The first-order valence-corrected chi connectivity index (χ1v) is 5.89. The number of morpholine rings is 1. The molecule has 1 aliphatic heterocycles. The molecule has 2 rings (SSSR count). The van der Waals surface area contributed by atoms with Crippen LogP contribution in [0.25, 0.3) is 0 Å². The van der Waals surface area contributed by atoms with Crippen LogP contribution < -0.4 is 4.90 Å². The molecular weight excluding hydrogens is 250 g/mol. The van der Waals surface area contributed by atoms with Gasteiger partial charge in [-0.3, -0.25) is 0 Å². The third-order valence-electron chi connectivity index (χ3n) is 2.97. The fourth-order valence-electron chi connectivity index (χ4n) is 1.98. The second kappa shape index (κ2) is 5.71. The lowest BCUT2D eigenvalue weighted by molar-refractivity contribution is -0.150. The normalized spacial score (nSPS) is 19.0. The summed E-state index contributed by atoms with van der Waals surface area (Å²) in [6.07, 6.45) is -0.837. The molecule has 1 unspecified atom stereocenters. The molecule has 1 saturated heterocycles. The van der Waals surface area contributed by atoms with Gasteiger partial charge in [0.1, 0.15) is 0 Å². The summed E-state index contributed by atoms with van der Waals surface area (Å²) < 4.78 is 9.82. The van der Waals surface area contributed by atoms with Crippen LogP contribution >= 0.6 is 0 Å². The highest BCUT2D eigenvalue weighted by Gasteiger charge is 2.26. The average molecular weight is 265 g/mol. The molecule has 0 radical (unpaired) electrons. The molecule has 1 aromatic carbocycles. The standard InChI is InChI=1S/C13H15NO5/c1-18-13(17)9-3-2-4-10(7-9)14-5-6-19-11(8-14)12(15)16/h2-4,7,11H,5-6,8H2,1H3,(H,15,16). The van der Waals surface area contributed by atoms with Gasteiger partial charge < -0.3 is 19.5 Å². The van der Waals surface area contributed by atoms with Crippen molar-refractivity contribution < 1.29 is 24.2 Å². The van der Waals surface area contributed by atoms with E-state index in [1.54, 1.807) is 18.2 Å². The molecule has 0 bridgehead atoms. The molecule has 0 saturated carbocycles. The smallest absolute Gasteiger partial charge is 0.337 e. The van der Waals surface area contributed by atoms with Crippen LogP contribution in [0.2, 0.25) is 0 Å². The van der Waals surface area contributed by atoms with Crippen LogP contribution in [0.15, 0.2) is 24.3 Å². The van der Waals surface area contributed by atoms with Crippen molar-refractivity contribution in [3.8, 4) is 0 Å². The van der Waals surface area contributed by atoms with Crippen molar-refractivity contribution in [3.63, 3.8) is 0 Å². The number of carbonyl (C=O) groups is 2. The summed E-state index contributed by atoms with van der Waals surface area (Å²) >= 11 is 0. The molecule has 1 fully saturated rings. The average Bonchev–Trinajstić information content (AvgIpc) is 2.46. The number of anilines is 1. The van der Waals surface area contributed by atoms with E-state index in [1.165, 1.54) is 7.11 Å². The maximum Gasteiger partial charge on any atom is 0.337 e. The number of esters is 1. The Kier molecular flexibility index (Phi) is 4.01. The number of ether oxygens (including phenoxy) is 2. The zero-order chi connectivity index (χ0) is 13.8. The minimum Gasteiger partial charge on any atom is -0.479 e. The van der Waals surface area contributed by atoms with E-state index in [2.05, 4.69) is 4.74 Å². The van der Waals surface area contributed by atoms with E-state index < -0.39 is 18.0 Å². The Morgan fingerprint density at radius 2 is 2.26 bits per heavy atom. The van der Waals surface area contributed by atoms with E-state index in [0.717, 1.165) is 5.69 Å². The lowest BCUT2D eigenvalue weighted by Crippen LogP contribution is -2.46. The van der Waals surface area contributed by atoms with E-state index in [1.807, 2.05) is 11.0 Å². The van der Waals surface area contributed by atoms with Crippen LogP contribution in [-0.2, 0) is 14.3 Å². The van der Waals surface area contributed by atoms with Crippen molar-refractivity contribution in [3.05, 3.63) is 29.8 Å². The summed E-state index contributed by atoms with van der Waals surface area (Å²) in [5.41, 5.74) is 1.23. The van der Waals surface area contributed by atoms with Crippen molar-refractivity contribution in [2.75, 3.05) is 31.7 Å². The summed E-state index contributed by atoms with van der Waals surface area (Å²) in [7, 11) is 1.32. The molecule has 102 valence electrons. The number of benzene rings is 1. The van der Waals surface area contributed by atoms with Gasteiger partial charge in [0.2, 0.25) is 0 Å². The first-order valence-electron chi connectivity index (χ1n) is 5.89. The van der Waals surface area contributed by atoms with E-state index in [0.29, 0.717) is 18.7 Å². The van der Waals surface area contributed by atoms with E-state index >= 15 is 0 Å². The fraction of sp³-hybridized carbons (Fsp3) is 0.385. The van der Waals surface area contributed by atoms with E-state index in [9.17, 15) is 9.59 Å². The number of hydrogen-bond acceptors (Lipinski definition) is 5. The second-order valence-corrected chi connectivity index (χ2v) is 4.19. The maximum absolute atomic E-state index is 11.5. The Balaban J connectivity index is 2.17. The number of methoxy groups -OCH3 is 1. The predicted octanol–water partition coefficient (Wildman–Crippen LogP) is 0.763. The first kappa shape index (κ1) is 13.4. The van der Waals surface area contributed by atoms with Crippen molar-refractivity contribution >= 4 is 17.6 Å². The van der Waals surface area contributed by atoms with Gasteiger partial charge in [-0.05, 0) is 18.2 Å². The highest BCUT2D eigenvalue weighted by molar-refractivity contribution is 5.90. The van der Waals surface area contributed by atoms with E-state index in [4.69, 9.17) is 9.84 Å². The molecule has 1 aliphatic rings. The highest BCUT2D eigenvalue weighted by atomic mass is 16.5. The van der Waals surface area contributed by atoms with Gasteiger partial charge >= 0.3 is 11.9 Å². The van der Waals surface area contributed by atoms with Crippen LogP contribution in [0.4, 0.5) is 5.69 Å². The van der Waals surface area contributed by atoms with Gasteiger partial charge in [0.05, 0.1) is 25.8 Å². The molecular formula is C13H15NO5. The highest BCUT2D eigenvalue weighted by Crippen LogP contribution is 2.19. The molecule has 19 heavy (non-hydrogen) atoms. The number of carboxylic acid groups (broad SMARTS) is 1. The van der Waals surface area contributed by atoms with Crippen molar-refractivity contribution in [2.24, 2.45) is 0 Å².